The van der Waals surface area contributed by atoms with E-state index in [9.17, 15) is 14.4 Å². The van der Waals surface area contributed by atoms with Gasteiger partial charge in [-0.2, -0.15) is 0 Å². The first-order valence-corrected chi connectivity index (χ1v) is 28.4. The molecule has 0 N–H and O–H groups in total. The monoisotopic (exact) mass is 979 g/mol. The van der Waals surface area contributed by atoms with E-state index in [0.29, 0.717) is 19.3 Å². The van der Waals surface area contributed by atoms with Crippen molar-refractivity contribution in [2.45, 2.75) is 232 Å². The van der Waals surface area contributed by atoms with Gasteiger partial charge in [0, 0.05) is 19.3 Å². The number of esters is 3. The number of allylic oxidation sites excluding steroid dienone is 24. The zero-order valence-corrected chi connectivity index (χ0v) is 45.4. The molecule has 0 aliphatic heterocycles. The third kappa shape index (κ3) is 56.1. The Morgan fingerprint density at radius 2 is 0.606 bits per heavy atom. The standard InChI is InChI=1S/C65H102O6/c1-4-7-10-13-16-19-22-25-28-30-32-34-37-40-43-46-49-52-55-58-64(67)70-61-62(60-69-63(66)57-54-51-48-45-42-39-36-27-24-21-18-15-12-9-6-3)71-65(68)59-56-53-50-47-44-41-38-35-33-31-29-26-23-20-17-14-11-8-5-2/h7-12,15-21,24-26,28-29,32,34,40,43,49,52,62H,4-6,13-14,22-23,27,30-31,33,35-39,41-42,44-48,50-51,53-61H2,1-3H3/b10-7-,11-8-,12-9-,18-15-,19-16-,20-17-,24-21-,28-25-,29-26-,34-32-,43-40-,52-49-. The van der Waals surface area contributed by atoms with Crippen molar-refractivity contribution >= 4 is 17.9 Å². The van der Waals surface area contributed by atoms with Crippen molar-refractivity contribution in [2.75, 3.05) is 13.2 Å². The average molecular weight is 980 g/mol. The summed E-state index contributed by atoms with van der Waals surface area (Å²) in [5.41, 5.74) is 0. The Kier molecular flexibility index (Phi) is 54.0. The molecule has 0 saturated heterocycles. The average Bonchev–Trinajstić information content (AvgIpc) is 3.37. The zero-order chi connectivity index (χ0) is 51.4. The van der Waals surface area contributed by atoms with Gasteiger partial charge >= 0.3 is 17.9 Å². The van der Waals surface area contributed by atoms with Crippen molar-refractivity contribution in [3.63, 3.8) is 0 Å². The summed E-state index contributed by atoms with van der Waals surface area (Å²) in [5, 5.41) is 0. The maximum atomic E-state index is 12.9. The molecule has 6 heteroatoms. The fourth-order valence-corrected chi connectivity index (χ4v) is 7.25. The van der Waals surface area contributed by atoms with Gasteiger partial charge in [0.2, 0.25) is 0 Å². The van der Waals surface area contributed by atoms with Crippen LogP contribution in [0.3, 0.4) is 0 Å². The molecule has 398 valence electrons. The largest absolute Gasteiger partial charge is 0.462 e. The van der Waals surface area contributed by atoms with Crippen molar-refractivity contribution in [1.29, 1.82) is 0 Å². The molecular weight excluding hydrogens is 877 g/mol. The van der Waals surface area contributed by atoms with Crippen LogP contribution in [0.15, 0.2) is 146 Å². The lowest BCUT2D eigenvalue weighted by Gasteiger charge is -2.18. The van der Waals surface area contributed by atoms with Gasteiger partial charge in [-0.25, -0.2) is 0 Å². The predicted molar refractivity (Wildman–Crippen MR) is 306 cm³/mol. The first-order valence-electron chi connectivity index (χ1n) is 28.4. The number of hydrogen-bond acceptors (Lipinski definition) is 6. The van der Waals surface area contributed by atoms with E-state index >= 15 is 0 Å². The summed E-state index contributed by atoms with van der Waals surface area (Å²) < 4.78 is 16.8. The highest BCUT2D eigenvalue weighted by molar-refractivity contribution is 5.71. The summed E-state index contributed by atoms with van der Waals surface area (Å²) in [6.07, 6.45) is 82.7. The van der Waals surface area contributed by atoms with Crippen LogP contribution in [-0.4, -0.2) is 37.2 Å². The molecule has 6 nitrogen and oxygen atoms in total. The molecule has 1 atom stereocenters. The Balaban J connectivity index is 4.54. The maximum absolute atomic E-state index is 12.9. The van der Waals surface area contributed by atoms with Crippen LogP contribution in [0.1, 0.15) is 226 Å². The van der Waals surface area contributed by atoms with Crippen LogP contribution in [0.5, 0.6) is 0 Å². The third-order valence-corrected chi connectivity index (χ3v) is 11.4. The van der Waals surface area contributed by atoms with E-state index in [1.54, 1.807) is 0 Å². The van der Waals surface area contributed by atoms with E-state index in [1.807, 2.05) is 6.08 Å². The van der Waals surface area contributed by atoms with E-state index < -0.39 is 6.10 Å². The summed E-state index contributed by atoms with van der Waals surface area (Å²) >= 11 is 0. The number of carbonyl (C=O) groups is 3. The van der Waals surface area contributed by atoms with Crippen LogP contribution >= 0.6 is 0 Å². The molecule has 0 saturated carbocycles. The van der Waals surface area contributed by atoms with Crippen LogP contribution in [0.4, 0.5) is 0 Å². The molecule has 0 aromatic heterocycles. The third-order valence-electron chi connectivity index (χ3n) is 11.4. The molecule has 0 heterocycles. The van der Waals surface area contributed by atoms with Crippen molar-refractivity contribution in [2.24, 2.45) is 0 Å². The highest BCUT2D eigenvalue weighted by Crippen LogP contribution is 2.14. The van der Waals surface area contributed by atoms with Crippen molar-refractivity contribution in [3.05, 3.63) is 146 Å². The van der Waals surface area contributed by atoms with Crippen molar-refractivity contribution in [3.8, 4) is 0 Å². The first-order chi connectivity index (χ1) is 35.0. The Morgan fingerprint density at radius 3 is 1.03 bits per heavy atom. The molecule has 0 bridgehead atoms. The summed E-state index contributed by atoms with van der Waals surface area (Å²) in [7, 11) is 0. The minimum atomic E-state index is -0.824. The Bertz CT molecular complexity index is 1590. The highest BCUT2D eigenvalue weighted by Gasteiger charge is 2.19. The van der Waals surface area contributed by atoms with Gasteiger partial charge in [0.1, 0.15) is 13.2 Å². The SMILES string of the molecule is CC\C=C/C=C\C=C/CCCCCCCCCC(=O)OCC(COC(=O)CC/C=C\C/C=C\C/C=C\C/C=C\C/C=C\C/C=C\CC)OC(=O)CCCCCCCCCCC/C=C\C/C=C\C/C=C\CC. The van der Waals surface area contributed by atoms with Gasteiger partial charge in [-0.1, -0.05) is 244 Å². The van der Waals surface area contributed by atoms with Gasteiger partial charge in [0.25, 0.3) is 0 Å². The van der Waals surface area contributed by atoms with E-state index in [0.717, 1.165) is 116 Å². The first kappa shape index (κ1) is 66.3. The molecule has 71 heavy (non-hydrogen) atoms. The lowest BCUT2D eigenvalue weighted by molar-refractivity contribution is -0.166. The van der Waals surface area contributed by atoms with Crippen LogP contribution in [0.25, 0.3) is 0 Å². The lowest BCUT2D eigenvalue weighted by atomic mass is 10.1. The van der Waals surface area contributed by atoms with E-state index in [1.165, 1.54) is 64.2 Å². The Morgan fingerprint density at radius 1 is 0.296 bits per heavy atom. The summed E-state index contributed by atoms with van der Waals surface area (Å²) in [6, 6.07) is 0. The smallest absolute Gasteiger partial charge is 0.306 e. The number of unbranched alkanes of at least 4 members (excludes halogenated alkanes) is 16. The van der Waals surface area contributed by atoms with Crippen LogP contribution in [0.2, 0.25) is 0 Å². The van der Waals surface area contributed by atoms with E-state index in [-0.39, 0.29) is 37.5 Å². The van der Waals surface area contributed by atoms with Gasteiger partial charge in [-0.05, 0) is 109 Å². The zero-order valence-electron chi connectivity index (χ0n) is 45.4. The second-order valence-corrected chi connectivity index (χ2v) is 18.1. The number of hydrogen-bond donors (Lipinski definition) is 0. The van der Waals surface area contributed by atoms with Gasteiger partial charge in [0.05, 0.1) is 0 Å². The van der Waals surface area contributed by atoms with Crippen molar-refractivity contribution in [1.82, 2.24) is 0 Å². The molecule has 0 spiro atoms. The predicted octanol–water partition coefficient (Wildman–Crippen LogP) is 19.2. The quantitative estimate of drug-likeness (QED) is 0.0199. The van der Waals surface area contributed by atoms with Gasteiger partial charge in [0.15, 0.2) is 6.10 Å². The van der Waals surface area contributed by atoms with E-state index in [4.69, 9.17) is 14.2 Å². The summed E-state index contributed by atoms with van der Waals surface area (Å²) in [6.45, 7) is 6.20. The summed E-state index contributed by atoms with van der Waals surface area (Å²) in [5.74, 6) is -1.03. The molecule has 0 aromatic rings. The highest BCUT2D eigenvalue weighted by atomic mass is 16.6. The van der Waals surface area contributed by atoms with Gasteiger partial charge in [-0.15, -0.1) is 0 Å². The minimum Gasteiger partial charge on any atom is -0.462 e. The Hall–Kier alpha value is -4.71. The molecule has 1 unspecified atom stereocenters. The second kappa shape index (κ2) is 57.9. The molecule has 0 aliphatic rings. The number of carbonyl (C=O) groups excluding carboxylic acids is 3. The number of ether oxygens (including phenoxy) is 3. The molecule has 0 aliphatic carbocycles. The fraction of sp³-hybridized carbons (Fsp3) is 0.585. The van der Waals surface area contributed by atoms with Crippen LogP contribution in [-0.2, 0) is 28.6 Å². The van der Waals surface area contributed by atoms with Crippen LogP contribution in [0, 0.1) is 0 Å². The molecular formula is C65H102O6. The van der Waals surface area contributed by atoms with Gasteiger partial charge in [-0.3, -0.25) is 14.4 Å². The topological polar surface area (TPSA) is 78.9 Å². The van der Waals surface area contributed by atoms with Gasteiger partial charge < -0.3 is 14.2 Å². The maximum Gasteiger partial charge on any atom is 0.306 e. The normalized spacial score (nSPS) is 13.2. The second-order valence-electron chi connectivity index (χ2n) is 18.1. The fourth-order valence-electron chi connectivity index (χ4n) is 7.25. The van der Waals surface area contributed by atoms with E-state index in [2.05, 4.69) is 161 Å². The lowest BCUT2D eigenvalue weighted by Crippen LogP contribution is -2.30. The molecule has 0 fully saturated rings. The molecule has 0 amide bonds. The van der Waals surface area contributed by atoms with Crippen LogP contribution < -0.4 is 0 Å². The minimum absolute atomic E-state index is 0.116. The van der Waals surface area contributed by atoms with Crippen molar-refractivity contribution < 1.29 is 28.6 Å². The molecule has 0 aromatic carbocycles. The number of rotatable bonds is 49. The Labute approximate surface area is 436 Å². The summed E-state index contributed by atoms with van der Waals surface area (Å²) in [4.78, 5) is 38.2. The molecule has 0 rings (SSSR count). The molecule has 0 radical (unpaired) electrons.